The van der Waals surface area contributed by atoms with Crippen LogP contribution in [-0.2, 0) is 29.1 Å². The van der Waals surface area contributed by atoms with Crippen LogP contribution < -0.4 is 0 Å². The molecule has 130 valence electrons. The lowest BCUT2D eigenvalue weighted by Gasteiger charge is -2.27. The Balaban J connectivity index is 4.96. The SMILES string of the molecule is CCCCC(C)(C(=O)OOC(C)(C)C)C(=O)OOC(C)(C)C. The van der Waals surface area contributed by atoms with E-state index in [1.807, 2.05) is 6.92 Å². The lowest BCUT2D eigenvalue weighted by atomic mass is 9.85. The summed E-state index contributed by atoms with van der Waals surface area (Å²) in [5.41, 5.74) is -2.78. The third-order valence-electron chi connectivity index (χ3n) is 2.67. The molecule has 0 saturated carbocycles. The molecule has 0 aromatic rings. The number of unbranched alkanes of at least 4 members (excludes halogenated alkanes) is 1. The molecule has 0 aliphatic rings. The van der Waals surface area contributed by atoms with Crippen molar-refractivity contribution >= 4 is 11.9 Å². The van der Waals surface area contributed by atoms with E-state index >= 15 is 0 Å². The maximum Gasteiger partial charge on any atom is 0.359 e. The minimum atomic E-state index is -1.47. The standard InChI is InChI=1S/C16H30O6/c1-9-10-11-16(8,12(17)19-21-14(2,3)4)13(18)20-22-15(5,6)7/h9-11H2,1-8H3. The highest BCUT2D eigenvalue weighted by Crippen LogP contribution is 2.29. The van der Waals surface area contributed by atoms with E-state index in [4.69, 9.17) is 19.6 Å². The minimum Gasteiger partial charge on any atom is -0.297 e. The van der Waals surface area contributed by atoms with Gasteiger partial charge in [0.05, 0.1) is 0 Å². The molecule has 6 nitrogen and oxygen atoms in total. The van der Waals surface area contributed by atoms with Crippen molar-refractivity contribution in [1.82, 2.24) is 0 Å². The number of hydrogen-bond acceptors (Lipinski definition) is 6. The predicted molar refractivity (Wildman–Crippen MR) is 81.5 cm³/mol. The van der Waals surface area contributed by atoms with Gasteiger partial charge in [0.1, 0.15) is 11.2 Å². The lowest BCUT2D eigenvalue weighted by Crippen LogP contribution is -2.41. The average molecular weight is 318 g/mol. The average Bonchev–Trinajstić information content (AvgIpc) is 2.37. The predicted octanol–water partition coefficient (Wildman–Crippen LogP) is 3.73. The fraction of sp³-hybridized carbons (Fsp3) is 0.875. The Labute approximate surface area is 133 Å². The first kappa shape index (κ1) is 20.9. The zero-order valence-electron chi connectivity index (χ0n) is 15.1. The van der Waals surface area contributed by atoms with E-state index in [2.05, 4.69) is 0 Å². The first-order valence-electron chi connectivity index (χ1n) is 7.62. The first-order chi connectivity index (χ1) is 9.82. The smallest absolute Gasteiger partial charge is 0.297 e. The Bertz CT molecular complexity index is 345. The van der Waals surface area contributed by atoms with E-state index in [1.54, 1.807) is 41.5 Å². The van der Waals surface area contributed by atoms with Crippen molar-refractivity contribution in [2.75, 3.05) is 0 Å². The van der Waals surface area contributed by atoms with Crippen LogP contribution in [0, 0.1) is 5.41 Å². The molecule has 0 unspecified atom stereocenters. The van der Waals surface area contributed by atoms with Crippen molar-refractivity contribution < 1.29 is 29.1 Å². The largest absolute Gasteiger partial charge is 0.359 e. The second-order valence-corrected chi connectivity index (χ2v) is 7.57. The van der Waals surface area contributed by atoms with Crippen LogP contribution >= 0.6 is 0 Å². The Kier molecular flexibility index (Phi) is 7.51. The molecule has 22 heavy (non-hydrogen) atoms. The van der Waals surface area contributed by atoms with Gasteiger partial charge in [0.2, 0.25) is 0 Å². The zero-order valence-corrected chi connectivity index (χ0v) is 15.1. The summed E-state index contributed by atoms with van der Waals surface area (Å²) in [6.45, 7) is 13.9. The van der Waals surface area contributed by atoms with Crippen LogP contribution in [0.2, 0.25) is 0 Å². The molecule has 0 spiro atoms. The van der Waals surface area contributed by atoms with Crippen LogP contribution in [-0.4, -0.2) is 23.1 Å². The van der Waals surface area contributed by atoms with E-state index in [-0.39, 0.29) is 0 Å². The number of hydrogen-bond donors (Lipinski definition) is 0. The first-order valence-corrected chi connectivity index (χ1v) is 7.62. The molecule has 0 bridgehead atoms. The molecule has 0 rings (SSSR count). The highest BCUT2D eigenvalue weighted by Gasteiger charge is 2.46. The van der Waals surface area contributed by atoms with Crippen molar-refractivity contribution in [3.8, 4) is 0 Å². The van der Waals surface area contributed by atoms with Crippen LogP contribution in [0.15, 0.2) is 0 Å². The van der Waals surface area contributed by atoms with E-state index < -0.39 is 28.6 Å². The van der Waals surface area contributed by atoms with Gasteiger partial charge in [-0.05, 0) is 54.9 Å². The van der Waals surface area contributed by atoms with Crippen molar-refractivity contribution in [1.29, 1.82) is 0 Å². The van der Waals surface area contributed by atoms with Crippen LogP contribution in [0.5, 0.6) is 0 Å². The Morgan fingerprint density at radius 1 is 0.773 bits per heavy atom. The summed E-state index contributed by atoms with van der Waals surface area (Å²) in [4.78, 5) is 44.2. The second-order valence-electron chi connectivity index (χ2n) is 7.57. The van der Waals surface area contributed by atoms with Crippen LogP contribution in [0.1, 0.15) is 74.7 Å². The van der Waals surface area contributed by atoms with Gasteiger partial charge in [0.15, 0.2) is 5.41 Å². The number of carbonyl (C=O) groups is 2. The third kappa shape index (κ3) is 7.75. The monoisotopic (exact) mass is 318 g/mol. The molecule has 0 aliphatic carbocycles. The lowest BCUT2D eigenvalue weighted by molar-refractivity contribution is -0.339. The summed E-state index contributed by atoms with van der Waals surface area (Å²) >= 11 is 0. The van der Waals surface area contributed by atoms with Crippen molar-refractivity contribution in [3.05, 3.63) is 0 Å². The molecule has 0 amide bonds. The second kappa shape index (κ2) is 7.92. The molecule has 0 N–H and O–H groups in total. The normalized spacial score (nSPS) is 12.9. The zero-order chi connectivity index (χ0) is 17.6. The minimum absolute atomic E-state index is 0.294. The van der Waals surface area contributed by atoms with E-state index in [9.17, 15) is 9.59 Å². The quantitative estimate of drug-likeness (QED) is 0.404. The number of carbonyl (C=O) groups excluding carboxylic acids is 2. The van der Waals surface area contributed by atoms with Crippen molar-refractivity contribution in [3.63, 3.8) is 0 Å². The molecule has 0 radical (unpaired) electrons. The maximum absolute atomic E-state index is 12.3. The summed E-state index contributed by atoms with van der Waals surface area (Å²) in [5.74, 6) is -1.56. The van der Waals surface area contributed by atoms with E-state index in [1.165, 1.54) is 6.92 Å². The number of rotatable bonds is 7. The van der Waals surface area contributed by atoms with Gasteiger partial charge in [-0.15, -0.1) is 0 Å². The third-order valence-corrected chi connectivity index (χ3v) is 2.67. The van der Waals surface area contributed by atoms with Gasteiger partial charge in [-0.3, -0.25) is 9.78 Å². The Hall–Kier alpha value is -1.14. The van der Waals surface area contributed by atoms with Gasteiger partial charge in [-0.1, -0.05) is 19.8 Å². The van der Waals surface area contributed by atoms with Crippen LogP contribution in [0.25, 0.3) is 0 Å². The molecular weight excluding hydrogens is 288 g/mol. The molecule has 0 saturated heterocycles. The fourth-order valence-corrected chi connectivity index (χ4v) is 1.33. The topological polar surface area (TPSA) is 71.1 Å². The Morgan fingerprint density at radius 2 is 1.14 bits per heavy atom. The summed E-state index contributed by atoms with van der Waals surface area (Å²) in [6, 6.07) is 0. The molecule has 0 aromatic carbocycles. The van der Waals surface area contributed by atoms with Gasteiger partial charge >= 0.3 is 11.9 Å². The van der Waals surface area contributed by atoms with Crippen LogP contribution in [0.3, 0.4) is 0 Å². The van der Waals surface area contributed by atoms with Gasteiger partial charge in [0.25, 0.3) is 0 Å². The summed E-state index contributed by atoms with van der Waals surface area (Å²) in [5, 5.41) is 0. The van der Waals surface area contributed by atoms with Gasteiger partial charge < -0.3 is 0 Å². The van der Waals surface area contributed by atoms with Crippen molar-refractivity contribution in [2.24, 2.45) is 5.41 Å². The molecule has 0 atom stereocenters. The van der Waals surface area contributed by atoms with Crippen LogP contribution in [0.4, 0.5) is 0 Å². The molecule has 0 aromatic heterocycles. The fourth-order valence-electron chi connectivity index (χ4n) is 1.33. The molecular formula is C16H30O6. The Morgan fingerprint density at radius 3 is 1.41 bits per heavy atom. The molecule has 0 fully saturated rings. The van der Waals surface area contributed by atoms with Crippen molar-refractivity contribution in [2.45, 2.75) is 85.9 Å². The van der Waals surface area contributed by atoms with Gasteiger partial charge in [-0.25, -0.2) is 9.59 Å². The van der Waals surface area contributed by atoms with E-state index in [0.717, 1.165) is 6.42 Å². The maximum atomic E-state index is 12.3. The molecule has 6 heteroatoms. The summed E-state index contributed by atoms with van der Waals surface area (Å²) in [6.07, 6.45) is 1.80. The van der Waals surface area contributed by atoms with E-state index in [0.29, 0.717) is 12.8 Å². The van der Waals surface area contributed by atoms with Gasteiger partial charge in [0, 0.05) is 0 Å². The highest BCUT2D eigenvalue weighted by molar-refractivity contribution is 5.99. The summed E-state index contributed by atoms with van der Waals surface area (Å²) < 4.78 is 0. The summed E-state index contributed by atoms with van der Waals surface area (Å²) in [7, 11) is 0. The highest BCUT2D eigenvalue weighted by atomic mass is 17.2. The molecule has 0 heterocycles. The molecule has 0 aliphatic heterocycles. The van der Waals surface area contributed by atoms with Gasteiger partial charge in [-0.2, -0.15) is 9.78 Å².